The van der Waals surface area contributed by atoms with Crippen LogP contribution in [0.5, 0.6) is 11.5 Å². The van der Waals surface area contributed by atoms with Gasteiger partial charge in [-0.1, -0.05) is 11.6 Å². The second kappa shape index (κ2) is 11.6. The number of methoxy groups -OCH3 is 1. The molecule has 4 rings (SSSR count). The highest BCUT2D eigenvalue weighted by atomic mass is 35.5. The van der Waals surface area contributed by atoms with Crippen LogP contribution in [0.3, 0.4) is 0 Å². The van der Waals surface area contributed by atoms with Gasteiger partial charge in [-0.15, -0.1) is 22.6 Å². The lowest BCUT2D eigenvalue weighted by Gasteiger charge is -2.32. The van der Waals surface area contributed by atoms with Gasteiger partial charge in [0, 0.05) is 44.5 Å². The molecule has 2 aromatic carbocycles. The van der Waals surface area contributed by atoms with E-state index in [0.29, 0.717) is 40.5 Å². The largest absolute Gasteiger partial charge is 0.493 e. The molecule has 0 spiro atoms. The Kier molecular flexibility index (Phi) is 8.85. The molecule has 178 valence electrons. The summed E-state index contributed by atoms with van der Waals surface area (Å²) in [5.41, 5.74) is 1.19. The summed E-state index contributed by atoms with van der Waals surface area (Å²) in [6, 6.07) is 7.95. The molecule has 1 saturated heterocycles. The molecule has 8 nitrogen and oxygen atoms in total. The molecule has 1 fully saturated rings. The summed E-state index contributed by atoms with van der Waals surface area (Å²) in [7, 11) is 3.74. The number of hydrogen-bond acceptors (Lipinski definition) is 8. The third-order valence-electron chi connectivity index (χ3n) is 5.49. The van der Waals surface area contributed by atoms with E-state index >= 15 is 0 Å². The standard InChI is InChI=1S/C22H26ClFN6O2.ClH/c1-29-7-9-30(10-8-29)6-3-11-32-21-14-19-16(13-20(21)31-2)22(27-28-26-19)25-15-4-5-18(24)17(23)12-15;/h4-5,12-14H,3,6-11H2,1-2H3,(H,25,26,27);1H. The highest BCUT2D eigenvalue weighted by Gasteiger charge is 2.15. The third kappa shape index (κ3) is 6.32. The van der Waals surface area contributed by atoms with Gasteiger partial charge in [-0.2, -0.15) is 0 Å². The Morgan fingerprint density at radius 2 is 1.88 bits per heavy atom. The number of rotatable bonds is 8. The first-order valence-corrected chi connectivity index (χ1v) is 10.9. The fourth-order valence-electron chi connectivity index (χ4n) is 3.61. The summed E-state index contributed by atoms with van der Waals surface area (Å²) in [5.74, 6) is 1.15. The van der Waals surface area contributed by atoms with Gasteiger partial charge in [-0.3, -0.25) is 0 Å². The van der Waals surface area contributed by atoms with Crippen LogP contribution in [0.25, 0.3) is 10.9 Å². The minimum Gasteiger partial charge on any atom is -0.493 e. The Morgan fingerprint density at radius 3 is 2.61 bits per heavy atom. The number of nitrogens with one attached hydrogen (secondary N) is 1. The SMILES string of the molecule is COc1cc2c(Nc3ccc(F)c(Cl)c3)nnnc2cc1OCCCN1CCN(C)CC1.Cl. The van der Waals surface area contributed by atoms with Crippen LogP contribution in [0.1, 0.15) is 6.42 Å². The highest BCUT2D eigenvalue weighted by molar-refractivity contribution is 6.31. The Labute approximate surface area is 203 Å². The van der Waals surface area contributed by atoms with Crippen LogP contribution in [0.2, 0.25) is 5.02 Å². The van der Waals surface area contributed by atoms with Crippen LogP contribution >= 0.6 is 24.0 Å². The predicted octanol–water partition coefficient (Wildman–Crippen LogP) is 4.01. The van der Waals surface area contributed by atoms with E-state index < -0.39 is 5.82 Å². The first-order valence-electron chi connectivity index (χ1n) is 10.5. The first kappa shape index (κ1) is 25.2. The van der Waals surface area contributed by atoms with Crippen LogP contribution in [-0.4, -0.2) is 78.7 Å². The number of hydrogen-bond donors (Lipinski definition) is 1. The molecule has 33 heavy (non-hydrogen) atoms. The van der Waals surface area contributed by atoms with Crippen molar-refractivity contribution in [2.24, 2.45) is 0 Å². The molecule has 2 heterocycles. The van der Waals surface area contributed by atoms with Crippen LogP contribution in [0, 0.1) is 5.82 Å². The number of anilines is 2. The van der Waals surface area contributed by atoms with E-state index in [1.807, 2.05) is 0 Å². The van der Waals surface area contributed by atoms with Crippen molar-refractivity contribution in [2.45, 2.75) is 6.42 Å². The Hall–Kier alpha value is -2.46. The maximum absolute atomic E-state index is 13.4. The molecule has 0 amide bonds. The quantitative estimate of drug-likeness (QED) is 0.468. The fourth-order valence-corrected chi connectivity index (χ4v) is 3.79. The van der Waals surface area contributed by atoms with Gasteiger partial charge in [0.2, 0.25) is 0 Å². The summed E-state index contributed by atoms with van der Waals surface area (Å²) in [6.45, 7) is 5.97. The van der Waals surface area contributed by atoms with Crippen LogP contribution < -0.4 is 14.8 Å². The molecule has 0 aliphatic carbocycles. The summed E-state index contributed by atoms with van der Waals surface area (Å²) >= 11 is 5.88. The molecule has 1 aromatic heterocycles. The summed E-state index contributed by atoms with van der Waals surface area (Å²) in [5, 5.41) is 15.9. The number of benzene rings is 2. The van der Waals surface area contributed by atoms with E-state index in [0.717, 1.165) is 39.1 Å². The van der Waals surface area contributed by atoms with Crippen molar-refractivity contribution in [1.29, 1.82) is 0 Å². The number of nitrogens with zero attached hydrogens (tertiary/aromatic N) is 5. The van der Waals surface area contributed by atoms with E-state index in [1.54, 1.807) is 25.3 Å². The number of aromatic nitrogens is 3. The van der Waals surface area contributed by atoms with Gasteiger partial charge in [0.05, 0.1) is 24.1 Å². The maximum atomic E-state index is 13.4. The van der Waals surface area contributed by atoms with Crippen molar-refractivity contribution in [2.75, 3.05) is 58.8 Å². The summed E-state index contributed by atoms with van der Waals surface area (Å²) in [4.78, 5) is 4.80. The number of fused-ring (bicyclic) bond motifs is 1. The number of ether oxygens (including phenoxy) is 2. The number of piperazine rings is 1. The van der Waals surface area contributed by atoms with E-state index in [1.165, 1.54) is 12.1 Å². The second-order valence-corrected chi connectivity index (χ2v) is 8.17. The van der Waals surface area contributed by atoms with E-state index in [2.05, 4.69) is 37.6 Å². The Balaban J connectivity index is 0.00000306. The normalized spacial score (nSPS) is 14.7. The van der Waals surface area contributed by atoms with E-state index in [9.17, 15) is 4.39 Å². The van der Waals surface area contributed by atoms with Gasteiger partial charge in [0.1, 0.15) is 11.3 Å². The zero-order valence-corrected chi connectivity index (χ0v) is 20.1. The molecule has 0 radical (unpaired) electrons. The lowest BCUT2D eigenvalue weighted by Crippen LogP contribution is -2.44. The van der Waals surface area contributed by atoms with Gasteiger partial charge in [-0.05, 0) is 42.9 Å². The first-order chi connectivity index (χ1) is 15.5. The molecular weight excluding hydrogens is 470 g/mol. The molecule has 1 aliphatic heterocycles. The molecule has 0 saturated carbocycles. The van der Waals surface area contributed by atoms with Crippen molar-refractivity contribution in [1.82, 2.24) is 25.2 Å². The minimum absolute atomic E-state index is 0. The minimum atomic E-state index is -0.487. The molecule has 0 unspecified atom stereocenters. The van der Waals surface area contributed by atoms with E-state index in [4.69, 9.17) is 21.1 Å². The van der Waals surface area contributed by atoms with Gasteiger partial charge in [0.15, 0.2) is 17.3 Å². The lowest BCUT2D eigenvalue weighted by molar-refractivity contribution is 0.145. The van der Waals surface area contributed by atoms with Crippen molar-refractivity contribution < 1.29 is 13.9 Å². The van der Waals surface area contributed by atoms with Crippen molar-refractivity contribution >= 4 is 46.4 Å². The average Bonchev–Trinajstić information content (AvgIpc) is 2.80. The average molecular weight is 497 g/mol. The van der Waals surface area contributed by atoms with Crippen LogP contribution in [-0.2, 0) is 0 Å². The Morgan fingerprint density at radius 1 is 1.09 bits per heavy atom. The zero-order valence-electron chi connectivity index (χ0n) is 18.6. The van der Waals surface area contributed by atoms with Crippen LogP contribution in [0.4, 0.5) is 15.9 Å². The molecule has 0 bridgehead atoms. The van der Waals surface area contributed by atoms with Gasteiger partial charge < -0.3 is 24.6 Å². The molecular formula is C22H27Cl2FN6O2. The molecule has 11 heteroatoms. The van der Waals surface area contributed by atoms with Crippen LogP contribution in [0.15, 0.2) is 30.3 Å². The van der Waals surface area contributed by atoms with Crippen molar-refractivity contribution in [3.63, 3.8) is 0 Å². The molecule has 3 aromatic rings. The lowest BCUT2D eigenvalue weighted by atomic mass is 10.2. The van der Waals surface area contributed by atoms with Gasteiger partial charge in [0.25, 0.3) is 0 Å². The Bertz CT molecular complexity index is 1080. The van der Waals surface area contributed by atoms with Gasteiger partial charge >= 0.3 is 0 Å². The topological polar surface area (TPSA) is 75.6 Å². The third-order valence-corrected chi connectivity index (χ3v) is 5.78. The molecule has 0 atom stereocenters. The predicted molar refractivity (Wildman–Crippen MR) is 130 cm³/mol. The summed E-state index contributed by atoms with van der Waals surface area (Å²) < 4.78 is 25.0. The van der Waals surface area contributed by atoms with Gasteiger partial charge in [-0.25, -0.2) is 4.39 Å². The fraction of sp³-hybridized carbons (Fsp3) is 0.409. The molecule has 1 aliphatic rings. The zero-order chi connectivity index (χ0) is 22.5. The summed E-state index contributed by atoms with van der Waals surface area (Å²) in [6.07, 6.45) is 0.922. The van der Waals surface area contributed by atoms with Crippen molar-refractivity contribution in [3.05, 3.63) is 41.2 Å². The highest BCUT2D eigenvalue weighted by Crippen LogP contribution is 2.34. The maximum Gasteiger partial charge on any atom is 0.164 e. The van der Waals surface area contributed by atoms with Crippen molar-refractivity contribution in [3.8, 4) is 11.5 Å². The van der Waals surface area contributed by atoms with E-state index in [-0.39, 0.29) is 17.4 Å². The monoisotopic (exact) mass is 496 g/mol. The second-order valence-electron chi connectivity index (χ2n) is 7.76. The smallest absolute Gasteiger partial charge is 0.164 e. The number of likely N-dealkylation sites (N-methyl/N-ethyl adjacent to an activating group) is 1. The number of halogens is 3. The molecule has 1 N–H and O–H groups in total.